The predicted octanol–water partition coefficient (Wildman–Crippen LogP) is 2.41. The fraction of sp³-hybridized carbons (Fsp3) is 0.500. The average molecular weight is 262 g/mol. The fourth-order valence-electron chi connectivity index (χ4n) is 1.67. The Hall–Kier alpha value is -1.27. The van der Waals surface area contributed by atoms with Gasteiger partial charge in [-0.25, -0.2) is 0 Å². The number of hydrazine groups is 1. The Morgan fingerprint density at radius 2 is 2.11 bits per heavy atom. The first kappa shape index (κ1) is 14.8. The monoisotopic (exact) mass is 262 g/mol. The lowest BCUT2D eigenvalue weighted by Gasteiger charge is -2.17. The van der Waals surface area contributed by atoms with Crippen molar-refractivity contribution < 1.29 is 17.9 Å². The SMILES string of the molecule is COc1cccc(CC(CCC(F)(F)F)NN)c1. The van der Waals surface area contributed by atoms with Crippen molar-refractivity contribution in [2.45, 2.75) is 31.5 Å². The van der Waals surface area contributed by atoms with Crippen LogP contribution >= 0.6 is 0 Å². The van der Waals surface area contributed by atoms with E-state index in [0.717, 1.165) is 5.56 Å². The van der Waals surface area contributed by atoms with Crippen molar-refractivity contribution in [3.05, 3.63) is 29.8 Å². The summed E-state index contributed by atoms with van der Waals surface area (Å²) in [5.74, 6) is 5.95. The lowest BCUT2D eigenvalue weighted by Crippen LogP contribution is -2.37. The van der Waals surface area contributed by atoms with E-state index in [1.54, 1.807) is 25.3 Å². The highest BCUT2D eigenvalue weighted by molar-refractivity contribution is 5.28. The van der Waals surface area contributed by atoms with Gasteiger partial charge in [0, 0.05) is 12.5 Å². The molecule has 0 saturated carbocycles. The second kappa shape index (κ2) is 6.61. The molecule has 0 aliphatic heterocycles. The van der Waals surface area contributed by atoms with Crippen molar-refractivity contribution in [2.75, 3.05) is 7.11 Å². The number of nitrogens with two attached hydrogens (primary N) is 1. The zero-order chi connectivity index (χ0) is 13.6. The highest BCUT2D eigenvalue weighted by atomic mass is 19.4. The molecule has 0 heterocycles. The normalized spacial score (nSPS) is 13.4. The van der Waals surface area contributed by atoms with Gasteiger partial charge in [-0.1, -0.05) is 12.1 Å². The molecule has 0 amide bonds. The van der Waals surface area contributed by atoms with Gasteiger partial charge >= 0.3 is 6.18 Å². The summed E-state index contributed by atoms with van der Waals surface area (Å²) in [6.07, 6.45) is -4.60. The molecule has 0 radical (unpaired) electrons. The van der Waals surface area contributed by atoms with Crippen molar-refractivity contribution in [3.63, 3.8) is 0 Å². The second-order valence-corrected chi connectivity index (χ2v) is 4.07. The van der Waals surface area contributed by atoms with Crippen LogP contribution in [0.3, 0.4) is 0 Å². The van der Waals surface area contributed by atoms with E-state index >= 15 is 0 Å². The van der Waals surface area contributed by atoms with E-state index in [1.807, 2.05) is 6.07 Å². The Balaban J connectivity index is 2.56. The van der Waals surface area contributed by atoms with Crippen LogP contribution in [0.15, 0.2) is 24.3 Å². The molecule has 0 aliphatic rings. The zero-order valence-corrected chi connectivity index (χ0v) is 10.1. The quantitative estimate of drug-likeness (QED) is 0.611. The van der Waals surface area contributed by atoms with Crippen LogP contribution in [-0.2, 0) is 6.42 Å². The van der Waals surface area contributed by atoms with Gasteiger partial charge in [0.1, 0.15) is 5.75 Å². The molecule has 6 heteroatoms. The third-order valence-corrected chi connectivity index (χ3v) is 2.63. The number of hydrogen-bond acceptors (Lipinski definition) is 3. The number of benzene rings is 1. The summed E-state index contributed by atoms with van der Waals surface area (Å²) >= 11 is 0. The summed E-state index contributed by atoms with van der Waals surface area (Å²) in [5.41, 5.74) is 3.31. The summed E-state index contributed by atoms with van der Waals surface area (Å²) in [7, 11) is 1.54. The molecule has 3 N–H and O–H groups in total. The molecule has 0 saturated heterocycles. The van der Waals surface area contributed by atoms with Crippen molar-refractivity contribution in [2.24, 2.45) is 5.84 Å². The van der Waals surface area contributed by atoms with Crippen LogP contribution in [0, 0.1) is 0 Å². The van der Waals surface area contributed by atoms with Gasteiger partial charge in [0.15, 0.2) is 0 Å². The molecule has 0 aliphatic carbocycles. The largest absolute Gasteiger partial charge is 0.497 e. The van der Waals surface area contributed by atoms with E-state index in [0.29, 0.717) is 12.2 Å². The van der Waals surface area contributed by atoms with Crippen molar-refractivity contribution >= 4 is 0 Å². The molecule has 1 unspecified atom stereocenters. The molecule has 1 rings (SSSR count). The minimum Gasteiger partial charge on any atom is -0.497 e. The van der Waals surface area contributed by atoms with Crippen molar-refractivity contribution in [1.82, 2.24) is 5.43 Å². The van der Waals surface area contributed by atoms with Gasteiger partial charge in [-0.2, -0.15) is 13.2 Å². The van der Waals surface area contributed by atoms with Crippen LogP contribution in [0.5, 0.6) is 5.75 Å². The van der Waals surface area contributed by atoms with Gasteiger partial charge in [-0.15, -0.1) is 0 Å². The highest BCUT2D eigenvalue weighted by Gasteiger charge is 2.28. The van der Waals surface area contributed by atoms with Crippen molar-refractivity contribution in [3.8, 4) is 5.75 Å². The maximum Gasteiger partial charge on any atom is 0.389 e. The third kappa shape index (κ3) is 5.37. The second-order valence-electron chi connectivity index (χ2n) is 4.07. The molecule has 18 heavy (non-hydrogen) atoms. The molecule has 0 bridgehead atoms. The maximum atomic E-state index is 12.1. The number of rotatable bonds is 6. The average Bonchev–Trinajstić information content (AvgIpc) is 2.33. The van der Waals surface area contributed by atoms with E-state index in [4.69, 9.17) is 10.6 Å². The van der Waals surface area contributed by atoms with Gasteiger partial charge in [0.2, 0.25) is 0 Å². The minimum atomic E-state index is -4.15. The summed E-state index contributed by atoms with van der Waals surface area (Å²) in [4.78, 5) is 0. The molecule has 1 aromatic rings. The Bertz CT molecular complexity index is 369. The molecule has 0 fully saturated rings. The lowest BCUT2D eigenvalue weighted by molar-refractivity contribution is -0.136. The summed E-state index contributed by atoms with van der Waals surface area (Å²) in [6.45, 7) is 0. The molecular formula is C12H17F3N2O. The number of nitrogens with one attached hydrogen (secondary N) is 1. The van der Waals surface area contributed by atoms with Gasteiger partial charge in [0.05, 0.1) is 7.11 Å². The third-order valence-electron chi connectivity index (χ3n) is 2.63. The Morgan fingerprint density at radius 3 is 2.67 bits per heavy atom. The van der Waals surface area contributed by atoms with Crippen LogP contribution in [0.1, 0.15) is 18.4 Å². The molecule has 3 nitrogen and oxygen atoms in total. The molecule has 0 spiro atoms. The summed E-state index contributed by atoms with van der Waals surface area (Å²) < 4.78 is 41.4. The van der Waals surface area contributed by atoms with E-state index < -0.39 is 18.6 Å². The number of halogens is 3. The lowest BCUT2D eigenvalue weighted by atomic mass is 10.0. The van der Waals surface area contributed by atoms with Crippen LogP contribution in [0.4, 0.5) is 13.2 Å². The van der Waals surface area contributed by atoms with Gasteiger partial charge in [-0.3, -0.25) is 11.3 Å². The Kier molecular flexibility index (Phi) is 5.43. The number of hydrogen-bond donors (Lipinski definition) is 2. The number of ether oxygens (including phenoxy) is 1. The van der Waals surface area contributed by atoms with E-state index in [-0.39, 0.29) is 6.42 Å². The van der Waals surface area contributed by atoms with Crippen LogP contribution in [-0.4, -0.2) is 19.3 Å². The fourth-order valence-corrected chi connectivity index (χ4v) is 1.67. The van der Waals surface area contributed by atoms with E-state index in [1.165, 1.54) is 0 Å². The standard InChI is InChI=1S/C12H17F3N2O/c1-18-11-4-2-3-9(8-11)7-10(17-16)5-6-12(13,14)15/h2-4,8,10,17H,5-7,16H2,1H3. The Labute approximate surface area is 104 Å². The first-order valence-corrected chi connectivity index (χ1v) is 5.60. The summed E-state index contributed by atoms with van der Waals surface area (Å²) in [5, 5.41) is 0. The van der Waals surface area contributed by atoms with Gasteiger partial charge in [0.25, 0.3) is 0 Å². The number of methoxy groups -OCH3 is 1. The van der Waals surface area contributed by atoms with Crippen molar-refractivity contribution in [1.29, 1.82) is 0 Å². The molecule has 102 valence electrons. The molecule has 1 aromatic carbocycles. The van der Waals surface area contributed by atoms with Crippen LogP contribution in [0.2, 0.25) is 0 Å². The van der Waals surface area contributed by atoms with Gasteiger partial charge in [-0.05, 0) is 30.5 Å². The van der Waals surface area contributed by atoms with Crippen LogP contribution < -0.4 is 16.0 Å². The topological polar surface area (TPSA) is 47.3 Å². The molecular weight excluding hydrogens is 245 g/mol. The van der Waals surface area contributed by atoms with E-state index in [9.17, 15) is 13.2 Å². The van der Waals surface area contributed by atoms with Gasteiger partial charge < -0.3 is 4.74 Å². The minimum absolute atomic E-state index is 0.0444. The molecule has 0 aromatic heterocycles. The smallest absolute Gasteiger partial charge is 0.389 e. The predicted molar refractivity (Wildman–Crippen MR) is 63.1 cm³/mol. The van der Waals surface area contributed by atoms with E-state index in [2.05, 4.69) is 5.43 Å². The molecule has 1 atom stereocenters. The Morgan fingerprint density at radius 1 is 1.39 bits per heavy atom. The van der Waals surface area contributed by atoms with Crippen LogP contribution in [0.25, 0.3) is 0 Å². The highest BCUT2D eigenvalue weighted by Crippen LogP contribution is 2.23. The number of alkyl halides is 3. The zero-order valence-electron chi connectivity index (χ0n) is 10.1. The first-order chi connectivity index (χ1) is 8.44. The first-order valence-electron chi connectivity index (χ1n) is 5.60. The summed E-state index contributed by atoms with van der Waals surface area (Å²) in [6, 6.07) is 6.80. The maximum absolute atomic E-state index is 12.1.